The van der Waals surface area contributed by atoms with Gasteiger partial charge in [0.15, 0.2) is 11.5 Å². The predicted octanol–water partition coefficient (Wildman–Crippen LogP) is 4.89. The molecule has 0 fully saturated rings. The first-order chi connectivity index (χ1) is 12.9. The van der Waals surface area contributed by atoms with Crippen molar-refractivity contribution in [3.63, 3.8) is 0 Å². The highest BCUT2D eigenvalue weighted by molar-refractivity contribution is 5.91. The number of hydrogen-bond acceptors (Lipinski definition) is 3. The molecule has 2 amide bonds. The van der Waals surface area contributed by atoms with E-state index in [1.54, 1.807) is 14.2 Å². The highest BCUT2D eigenvalue weighted by Crippen LogP contribution is 2.32. The van der Waals surface area contributed by atoms with Crippen molar-refractivity contribution >= 4 is 11.7 Å². The van der Waals surface area contributed by atoms with Gasteiger partial charge in [0.05, 0.1) is 19.8 Å². The molecule has 0 aliphatic carbocycles. The van der Waals surface area contributed by atoms with Gasteiger partial charge in [-0.1, -0.05) is 38.1 Å². The summed E-state index contributed by atoms with van der Waals surface area (Å²) < 4.78 is 10.7. The largest absolute Gasteiger partial charge is 0.493 e. The van der Waals surface area contributed by atoms with Crippen LogP contribution in [0.3, 0.4) is 0 Å². The van der Waals surface area contributed by atoms with Gasteiger partial charge in [-0.2, -0.15) is 0 Å². The summed E-state index contributed by atoms with van der Waals surface area (Å²) in [5.41, 5.74) is 3.51. The molecule has 0 spiro atoms. The Balaban J connectivity index is 2.22. The van der Waals surface area contributed by atoms with Crippen molar-refractivity contribution in [1.82, 2.24) is 5.32 Å². The molecule has 2 aromatic rings. The number of urea groups is 1. The lowest BCUT2D eigenvalue weighted by atomic mass is 9.94. The molecule has 0 unspecified atom stereocenters. The molecule has 0 atom stereocenters. The van der Waals surface area contributed by atoms with Gasteiger partial charge in [0, 0.05) is 5.69 Å². The molecular formula is C22H30N2O3. The Labute approximate surface area is 162 Å². The molecule has 0 aliphatic rings. The van der Waals surface area contributed by atoms with Crippen LogP contribution >= 0.6 is 0 Å². The van der Waals surface area contributed by atoms with E-state index in [9.17, 15) is 4.79 Å². The van der Waals surface area contributed by atoms with Gasteiger partial charge in [0.2, 0.25) is 0 Å². The maximum atomic E-state index is 12.7. The van der Waals surface area contributed by atoms with Crippen LogP contribution in [0.4, 0.5) is 10.5 Å². The van der Waals surface area contributed by atoms with Crippen LogP contribution in [0, 0.1) is 0 Å². The van der Waals surface area contributed by atoms with Crippen molar-refractivity contribution < 1.29 is 14.3 Å². The number of ether oxygens (including phenoxy) is 2. The first kappa shape index (κ1) is 20.6. The molecule has 5 heteroatoms. The Bertz CT molecular complexity index is 778. The van der Waals surface area contributed by atoms with Gasteiger partial charge in [-0.15, -0.1) is 0 Å². The second-order valence-electron chi connectivity index (χ2n) is 6.93. The topological polar surface area (TPSA) is 59.6 Å². The van der Waals surface area contributed by atoms with Crippen molar-refractivity contribution in [2.75, 3.05) is 19.5 Å². The number of carbonyl (C=O) groups excluding carboxylic acids is 1. The zero-order valence-corrected chi connectivity index (χ0v) is 17.1. The molecule has 0 aliphatic heterocycles. The highest BCUT2D eigenvalue weighted by Gasteiger charge is 2.25. The summed E-state index contributed by atoms with van der Waals surface area (Å²) in [5.74, 6) is 1.29. The van der Waals surface area contributed by atoms with E-state index in [4.69, 9.17) is 9.47 Å². The quantitative estimate of drug-likeness (QED) is 0.730. The third-order valence-corrected chi connectivity index (χ3v) is 4.77. The van der Waals surface area contributed by atoms with Crippen LogP contribution in [0.1, 0.15) is 44.4 Å². The van der Waals surface area contributed by atoms with Gasteiger partial charge in [0.25, 0.3) is 0 Å². The third kappa shape index (κ3) is 4.73. The number of aryl methyl sites for hydroxylation is 2. The van der Waals surface area contributed by atoms with Crippen LogP contribution in [-0.4, -0.2) is 20.3 Å². The average Bonchev–Trinajstić information content (AvgIpc) is 2.66. The molecule has 27 heavy (non-hydrogen) atoms. The second-order valence-corrected chi connectivity index (χ2v) is 6.93. The molecule has 146 valence electrons. The number of amides is 2. The molecule has 2 N–H and O–H groups in total. The van der Waals surface area contributed by atoms with E-state index in [1.807, 2.05) is 50.2 Å². The fourth-order valence-corrected chi connectivity index (χ4v) is 3.13. The molecule has 5 nitrogen and oxygen atoms in total. The number of hydrogen-bond donors (Lipinski definition) is 2. The van der Waals surface area contributed by atoms with Crippen LogP contribution in [0.5, 0.6) is 11.5 Å². The van der Waals surface area contributed by atoms with Crippen molar-refractivity contribution in [3.05, 3.63) is 53.1 Å². The first-order valence-corrected chi connectivity index (χ1v) is 9.28. The number of rotatable bonds is 7. The minimum Gasteiger partial charge on any atom is -0.493 e. The zero-order valence-electron chi connectivity index (χ0n) is 17.1. The number of methoxy groups -OCH3 is 2. The maximum absolute atomic E-state index is 12.7. The van der Waals surface area contributed by atoms with Crippen LogP contribution in [0.2, 0.25) is 0 Å². The number of carbonyl (C=O) groups is 1. The standard InChI is InChI=1S/C22H30N2O3/c1-7-15-10-9-11-16(8-2)20(15)23-21(25)24-22(3,4)17-12-13-18(26-5)19(14-17)27-6/h9-14H,7-8H2,1-6H3,(H2,23,24,25). The minimum absolute atomic E-state index is 0.231. The number of benzene rings is 2. The lowest BCUT2D eigenvalue weighted by Crippen LogP contribution is -2.43. The molecule has 2 rings (SSSR count). The molecular weight excluding hydrogens is 340 g/mol. The summed E-state index contributed by atoms with van der Waals surface area (Å²) >= 11 is 0. The number of anilines is 1. The highest BCUT2D eigenvalue weighted by atomic mass is 16.5. The van der Waals surface area contributed by atoms with Crippen molar-refractivity contribution in [2.24, 2.45) is 0 Å². The minimum atomic E-state index is -0.586. The van der Waals surface area contributed by atoms with Gasteiger partial charge in [-0.05, 0) is 55.5 Å². The lowest BCUT2D eigenvalue weighted by Gasteiger charge is -2.28. The van der Waals surface area contributed by atoms with E-state index in [1.165, 1.54) is 0 Å². The van der Waals surface area contributed by atoms with Crippen molar-refractivity contribution in [2.45, 2.75) is 46.1 Å². The average molecular weight is 370 g/mol. The first-order valence-electron chi connectivity index (χ1n) is 9.28. The van der Waals surface area contributed by atoms with Crippen LogP contribution in [-0.2, 0) is 18.4 Å². The number of para-hydroxylation sites is 1. The van der Waals surface area contributed by atoms with Gasteiger partial charge in [-0.25, -0.2) is 4.79 Å². The van der Waals surface area contributed by atoms with Crippen LogP contribution in [0.25, 0.3) is 0 Å². The molecule has 0 bridgehead atoms. The summed E-state index contributed by atoms with van der Waals surface area (Å²) in [6.45, 7) is 8.09. The molecule has 2 aromatic carbocycles. The summed E-state index contributed by atoms with van der Waals surface area (Å²) in [6.07, 6.45) is 1.73. The van der Waals surface area contributed by atoms with Crippen LogP contribution in [0.15, 0.2) is 36.4 Å². The summed E-state index contributed by atoms with van der Waals surface area (Å²) in [5, 5.41) is 6.12. The van der Waals surface area contributed by atoms with Gasteiger partial charge >= 0.3 is 6.03 Å². The fraction of sp³-hybridized carbons (Fsp3) is 0.409. The Morgan fingerprint density at radius 3 is 2.07 bits per heavy atom. The van der Waals surface area contributed by atoms with E-state index in [2.05, 4.69) is 24.5 Å². The van der Waals surface area contributed by atoms with E-state index < -0.39 is 5.54 Å². The second kappa shape index (κ2) is 8.80. The monoisotopic (exact) mass is 370 g/mol. The summed E-state index contributed by atoms with van der Waals surface area (Å²) in [4.78, 5) is 12.7. The number of nitrogens with one attached hydrogen (secondary N) is 2. The Hall–Kier alpha value is -2.69. The van der Waals surface area contributed by atoms with E-state index in [0.29, 0.717) is 11.5 Å². The van der Waals surface area contributed by atoms with E-state index in [0.717, 1.165) is 35.2 Å². The summed E-state index contributed by atoms with van der Waals surface area (Å²) in [6, 6.07) is 11.6. The lowest BCUT2D eigenvalue weighted by molar-refractivity contribution is 0.241. The fourth-order valence-electron chi connectivity index (χ4n) is 3.13. The Kier molecular flexibility index (Phi) is 6.72. The normalized spacial score (nSPS) is 11.0. The SMILES string of the molecule is CCc1cccc(CC)c1NC(=O)NC(C)(C)c1ccc(OC)c(OC)c1. The molecule has 0 saturated carbocycles. The molecule has 0 aromatic heterocycles. The van der Waals surface area contributed by atoms with E-state index in [-0.39, 0.29) is 6.03 Å². The maximum Gasteiger partial charge on any atom is 0.319 e. The third-order valence-electron chi connectivity index (χ3n) is 4.77. The molecule has 0 radical (unpaired) electrons. The van der Waals surface area contributed by atoms with Gasteiger partial charge in [0.1, 0.15) is 0 Å². The molecule has 0 saturated heterocycles. The van der Waals surface area contributed by atoms with Gasteiger partial charge in [-0.3, -0.25) is 0 Å². The Morgan fingerprint density at radius 2 is 1.56 bits per heavy atom. The van der Waals surface area contributed by atoms with E-state index >= 15 is 0 Å². The zero-order chi connectivity index (χ0) is 20.0. The smallest absolute Gasteiger partial charge is 0.319 e. The Morgan fingerprint density at radius 1 is 0.963 bits per heavy atom. The van der Waals surface area contributed by atoms with Crippen molar-refractivity contribution in [3.8, 4) is 11.5 Å². The molecule has 0 heterocycles. The van der Waals surface area contributed by atoms with Crippen LogP contribution < -0.4 is 20.1 Å². The van der Waals surface area contributed by atoms with Crippen molar-refractivity contribution in [1.29, 1.82) is 0 Å². The predicted molar refractivity (Wildman–Crippen MR) is 110 cm³/mol. The summed E-state index contributed by atoms with van der Waals surface area (Å²) in [7, 11) is 3.20. The van der Waals surface area contributed by atoms with Gasteiger partial charge < -0.3 is 20.1 Å².